The number of methoxy groups -OCH3 is 1. The third-order valence-corrected chi connectivity index (χ3v) is 4.03. The maximum absolute atomic E-state index is 11.2. The van der Waals surface area contributed by atoms with Crippen LogP contribution >= 0.6 is 0 Å². The number of hydrogen-bond donors (Lipinski definition) is 0. The summed E-state index contributed by atoms with van der Waals surface area (Å²) in [7, 11) is 3.60. The molecule has 1 heterocycles. The summed E-state index contributed by atoms with van der Waals surface area (Å²) in [4.78, 5) is 12.9. The third-order valence-electron chi connectivity index (χ3n) is 4.03. The molecule has 0 amide bonds. The minimum atomic E-state index is -0.387. The van der Waals surface area contributed by atoms with E-state index in [1.54, 1.807) is 13.2 Å². The standard InChI is InChI=1S/C18H20N2O5/c1-19(9-13-3-5-17(23-2)6-4-13)10-14-7-16(20(21)22)8-15-11-24-12-25-18(14)15/h3-8H,9-12H2,1-2H3. The van der Waals surface area contributed by atoms with Crippen molar-refractivity contribution in [2.24, 2.45) is 0 Å². The molecule has 1 aliphatic rings. The van der Waals surface area contributed by atoms with Gasteiger partial charge in [0.2, 0.25) is 0 Å². The Hall–Kier alpha value is -2.64. The van der Waals surface area contributed by atoms with Crippen molar-refractivity contribution < 1.29 is 19.1 Å². The second-order valence-electron chi connectivity index (χ2n) is 5.98. The van der Waals surface area contributed by atoms with Crippen LogP contribution in [0.4, 0.5) is 5.69 Å². The number of ether oxygens (including phenoxy) is 3. The quantitative estimate of drug-likeness (QED) is 0.592. The van der Waals surface area contributed by atoms with E-state index in [0.717, 1.165) is 16.9 Å². The van der Waals surface area contributed by atoms with Crippen LogP contribution in [0.5, 0.6) is 11.5 Å². The van der Waals surface area contributed by atoms with Gasteiger partial charge in [0, 0.05) is 36.3 Å². The van der Waals surface area contributed by atoms with Gasteiger partial charge in [-0.15, -0.1) is 0 Å². The lowest BCUT2D eigenvalue weighted by Crippen LogP contribution is -2.20. The van der Waals surface area contributed by atoms with Gasteiger partial charge >= 0.3 is 0 Å². The molecule has 0 saturated heterocycles. The van der Waals surface area contributed by atoms with E-state index in [4.69, 9.17) is 14.2 Å². The largest absolute Gasteiger partial charge is 0.497 e. The highest BCUT2D eigenvalue weighted by molar-refractivity contribution is 5.50. The maximum atomic E-state index is 11.2. The van der Waals surface area contributed by atoms with Gasteiger partial charge in [-0.25, -0.2) is 0 Å². The topological polar surface area (TPSA) is 74.1 Å². The Morgan fingerprint density at radius 2 is 2.00 bits per heavy atom. The molecule has 25 heavy (non-hydrogen) atoms. The van der Waals surface area contributed by atoms with E-state index < -0.39 is 0 Å². The predicted molar refractivity (Wildman–Crippen MR) is 91.5 cm³/mol. The predicted octanol–water partition coefficient (Wildman–Crippen LogP) is 3.10. The Kier molecular flexibility index (Phi) is 5.16. The first-order chi connectivity index (χ1) is 12.1. The smallest absolute Gasteiger partial charge is 0.270 e. The number of nitro benzene ring substituents is 1. The highest BCUT2D eigenvalue weighted by Gasteiger charge is 2.21. The molecule has 0 spiro atoms. The zero-order valence-electron chi connectivity index (χ0n) is 14.2. The molecule has 0 bridgehead atoms. The molecule has 2 aromatic rings. The highest BCUT2D eigenvalue weighted by atomic mass is 16.7. The molecule has 0 atom stereocenters. The van der Waals surface area contributed by atoms with Crippen molar-refractivity contribution in [3.63, 3.8) is 0 Å². The van der Waals surface area contributed by atoms with Crippen molar-refractivity contribution in [1.29, 1.82) is 0 Å². The van der Waals surface area contributed by atoms with E-state index in [-0.39, 0.29) is 17.4 Å². The minimum absolute atomic E-state index is 0.0562. The van der Waals surface area contributed by atoms with Crippen LogP contribution in [-0.4, -0.2) is 30.8 Å². The van der Waals surface area contributed by atoms with E-state index in [2.05, 4.69) is 4.90 Å². The van der Waals surface area contributed by atoms with E-state index >= 15 is 0 Å². The minimum Gasteiger partial charge on any atom is -0.497 e. The first kappa shape index (κ1) is 17.2. The number of nitro groups is 1. The highest BCUT2D eigenvalue weighted by Crippen LogP contribution is 2.33. The van der Waals surface area contributed by atoms with Crippen molar-refractivity contribution >= 4 is 5.69 Å². The van der Waals surface area contributed by atoms with Gasteiger partial charge in [-0.05, 0) is 24.7 Å². The van der Waals surface area contributed by atoms with Crippen LogP contribution in [0.2, 0.25) is 0 Å². The molecule has 0 saturated carbocycles. The molecule has 2 aromatic carbocycles. The average Bonchev–Trinajstić information content (AvgIpc) is 2.62. The van der Waals surface area contributed by atoms with E-state index in [1.165, 1.54) is 6.07 Å². The molecule has 1 aliphatic heterocycles. The third kappa shape index (κ3) is 4.07. The molecule has 0 aromatic heterocycles. The van der Waals surface area contributed by atoms with Crippen molar-refractivity contribution in [2.45, 2.75) is 19.7 Å². The lowest BCUT2D eigenvalue weighted by atomic mass is 10.1. The summed E-state index contributed by atoms with van der Waals surface area (Å²) < 4.78 is 16.0. The molecule has 132 valence electrons. The molecule has 3 rings (SSSR count). The molecule has 0 aliphatic carbocycles. The van der Waals surface area contributed by atoms with Gasteiger partial charge in [0.25, 0.3) is 5.69 Å². The Morgan fingerprint density at radius 3 is 2.68 bits per heavy atom. The van der Waals surface area contributed by atoms with Crippen molar-refractivity contribution in [3.8, 4) is 11.5 Å². The van der Waals surface area contributed by atoms with Gasteiger partial charge in [-0.3, -0.25) is 15.0 Å². The molecule has 0 radical (unpaired) electrons. The number of rotatable bonds is 6. The summed E-state index contributed by atoms with van der Waals surface area (Å²) in [6.07, 6.45) is 0. The Bertz CT molecular complexity index is 761. The summed E-state index contributed by atoms with van der Waals surface area (Å²) in [5.41, 5.74) is 2.70. The number of fused-ring (bicyclic) bond motifs is 1. The number of non-ortho nitro benzene ring substituents is 1. The summed E-state index contributed by atoms with van der Waals surface area (Å²) in [6.45, 7) is 1.74. The van der Waals surface area contributed by atoms with Gasteiger partial charge in [-0.2, -0.15) is 0 Å². The summed E-state index contributed by atoms with van der Waals surface area (Å²) in [5.74, 6) is 1.51. The maximum Gasteiger partial charge on any atom is 0.270 e. The second kappa shape index (κ2) is 7.50. The van der Waals surface area contributed by atoms with Gasteiger partial charge in [-0.1, -0.05) is 12.1 Å². The second-order valence-corrected chi connectivity index (χ2v) is 5.98. The Morgan fingerprint density at radius 1 is 1.24 bits per heavy atom. The van der Waals surface area contributed by atoms with Crippen LogP contribution in [-0.2, 0) is 24.4 Å². The van der Waals surface area contributed by atoms with Crippen LogP contribution < -0.4 is 9.47 Å². The Labute approximate surface area is 145 Å². The van der Waals surface area contributed by atoms with Crippen LogP contribution in [0, 0.1) is 10.1 Å². The first-order valence-corrected chi connectivity index (χ1v) is 7.89. The van der Waals surface area contributed by atoms with Crippen LogP contribution in [0.15, 0.2) is 36.4 Å². The monoisotopic (exact) mass is 344 g/mol. The zero-order valence-corrected chi connectivity index (χ0v) is 14.2. The summed E-state index contributed by atoms with van der Waals surface area (Å²) >= 11 is 0. The summed E-state index contributed by atoms with van der Waals surface area (Å²) in [5, 5.41) is 11.2. The molecule has 7 nitrogen and oxygen atoms in total. The van der Waals surface area contributed by atoms with E-state index in [9.17, 15) is 10.1 Å². The van der Waals surface area contributed by atoms with Gasteiger partial charge in [0.1, 0.15) is 11.5 Å². The first-order valence-electron chi connectivity index (χ1n) is 7.89. The molecule has 7 heteroatoms. The fraction of sp³-hybridized carbons (Fsp3) is 0.333. The average molecular weight is 344 g/mol. The van der Waals surface area contributed by atoms with Crippen molar-refractivity contribution in [3.05, 3.63) is 63.2 Å². The lowest BCUT2D eigenvalue weighted by molar-refractivity contribution is -0.385. The zero-order chi connectivity index (χ0) is 17.8. The molecule has 0 unspecified atom stereocenters. The molecular formula is C18H20N2O5. The SMILES string of the molecule is COc1ccc(CN(C)Cc2cc([N+](=O)[O-])cc3c2OCOC3)cc1. The molecule has 0 N–H and O–H groups in total. The van der Waals surface area contributed by atoms with Crippen molar-refractivity contribution in [2.75, 3.05) is 21.0 Å². The number of nitrogens with zero attached hydrogens (tertiary/aromatic N) is 2. The fourth-order valence-corrected chi connectivity index (χ4v) is 2.89. The number of hydrogen-bond acceptors (Lipinski definition) is 6. The van der Waals surface area contributed by atoms with Gasteiger partial charge in [0.15, 0.2) is 6.79 Å². The summed E-state index contributed by atoms with van der Waals surface area (Å²) in [6, 6.07) is 10.9. The van der Waals surface area contributed by atoms with Crippen LogP contribution in [0.3, 0.4) is 0 Å². The Balaban J connectivity index is 1.78. The van der Waals surface area contributed by atoms with Gasteiger partial charge < -0.3 is 14.2 Å². The van der Waals surface area contributed by atoms with Gasteiger partial charge in [0.05, 0.1) is 18.6 Å². The lowest BCUT2D eigenvalue weighted by Gasteiger charge is -2.23. The fourth-order valence-electron chi connectivity index (χ4n) is 2.89. The number of benzene rings is 2. The molecule has 0 fully saturated rings. The normalized spacial score (nSPS) is 13.2. The van der Waals surface area contributed by atoms with E-state index in [1.807, 2.05) is 31.3 Å². The molecular weight excluding hydrogens is 324 g/mol. The van der Waals surface area contributed by atoms with Crippen molar-refractivity contribution in [1.82, 2.24) is 4.90 Å². The van der Waals surface area contributed by atoms with E-state index in [0.29, 0.717) is 31.0 Å². The van der Waals surface area contributed by atoms with Crippen LogP contribution in [0.25, 0.3) is 0 Å². The van der Waals surface area contributed by atoms with Crippen LogP contribution in [0.1, 0.15) is 16.7 Å².